The van der Waals surface area contributed by atoms with Crippen molar-refractivity contribution in [3.8, 4) is 5.69 Å². The first-order valence-electron chi connectivity index (χ1n) is 12.7. The van der Waals surface area contributed by atoms with Crippen LogP contribution in [0.3, 0.4) is 0 Å². The average Bonchev–Trinajstić information content (AvgIpc) is 3.66. The maximum Gasteiger partial charge on any atom is 0.269 e. The number of ether oxygens (including phenoxy) is 1. The van der Waals surface area contributed by atoms with Crippen molar-refractivity contribution in [3.05, 3.63) is 75.7 Å². The number of hydrogen-bond donors (Lipinski definition) is 1. The zero-order valence-electron chi connectivity index (χ0n) is 22.5. The van der Waals surface area contributed by atoms with Crippen molar-refractivity contribution in [1.29, 1.82) is 0 Å². The number of hydrogen-bond acceptors (Lipinski definition) is 8. The summed E-state index contributed by atoms with van der Waals surface area (Å²) in [5.41, 5.74) is 2.51. The molecule has 216 valence electrons. The van der Waals surface area contributed by atoms with Gasteiger partial charge in [0.2, 0.25) is 0 Å². The molecule has 1 unspecified atom stereocenters. The minimum absolute atomic E-state index is 0.0642. The van der Waals surface area contributed by atoms with Gasteiger partial charge in [0.15, 0.2) is 0 Å². The summed E-state index contributed by atoms with van der Waals surface area (Å²) in [6, 6.07) is 6.46. The highest BCUT2D eigenvalue weighted by molar-refractivity contribution is 6.30. The van der Waals surface area contributed by atoms with Gasteiger partial charge >= 0.3 is 0 Å². The van der Waals surface area contributed by atoms with Crippen LogP contribution >= 0.6 is 11.6 Å². The number of nitrogens with one attached hydrogen (secondary N) is 1. The normalized spacial score (nSPS) is 16.4. The number of rotatable bonds is 9. The highest BCUT2D eigenvalue weighted by atomic mass is 35.5. The van der Waals surface area contributed by atoms with E-state index in [4.69, 9.17) is 16.3 Å². The van der Waals surface area contributed by atoms with Crippen molar-refractivity contribution in [2.45, 2.75) is 39.5 Å². The third kappa shape index (κ3) is 5.88. The maximum atomic E-state index is 14.9. The maximum absolute atomic E-state index is 14.9. The number of carbonyl (C=O) groups excluding carboxylic acids is 1. The van der Waals surface area contributed by atoms with E-state index in [0.29, 0.717) is 22.9 Å². The van der Waals surface area contributed by atoms with Gasteiger partial charge in [-0.25, -0.2) is 22.8 Å². The summed E-state index contributed by atoms with van der Waals surface area (Å²) >= 11 is 5.98. The molecule has 1 saturated heterocycles. The Hall–Kier alpha value is -4.04. The number of tetrazole rings is 1. The summed E-state index contributed by atoms with van der Waals surface area (Å²) in [6.45, 7) is 3.34. The van der Waals surface area contributed by atoms with E-state index in [1.54, 1.807) is 34.8 Å². The van der Waals surface area contributed by atoms with E-state index >= 15 is 0 Å². The summed E-state index contributed by atoms with van der Waals surface area (Å²) in [6.07, 6.45) is 2.87. The van der Waals surface area contributed by atoms with Crippen LogP contribution in [0, 0.1) is 18.7 Å². The Bertz CT molecular complexity index is 1560. The third-order valence-electron chi connectivity index (χ3n) is 7.01. The summed E-state index contributed by atoms with van der Waals surface area (Å²) < 4.78 is 51.1. The van der Waals surface area contributed by atoms with Crippen LogP contribution in [0.2, 0.25) is 5.02 Å². The number of alkyl halides is 2. The molecule has 15 heteroatoms. The van der Waals surface area contributed by atoms with Gasteiger partial charge in [-0.2, -0.15) is 5.10 Å². The van der Waals surface area contributed by atoms with Crippen LogP contribution in [0.1, 0.15) is 39.8 Å². The molecule has 1 fully saturated rings. The SMILES string of the molecule is COCc1nn(Cc2ccc(N3CC(C)C(F)(F)C3)nc2C)cc1C(=O)NCc1c(-n2cnnn2)ccc(Cl)c1F. The summed E-state index contributed by atoms with van der Waals surface area (Å²) in [5, 5.41) is 18.0. The van der Waals surface area contributed by atoms with Crippen LogP contribution in [-0.4, -0.2) is 67.0 Å². The molecule has 1 amide bonds. The second-order valence-electron chi connectivity index (χ2n) is 9.87. The molecule has 1 aromatic carbocycles. The summed E-state index contributed by atoms with van der Waals surface area (Å²) in [7, 11) is 1.48. The van der Waals surface area contributed by atoms with Crippen molar-refractivity contribution in [2.24, 2.45) is 5.92 Å². The van der Waals surface area contributed by atoms with Crippen molar-refractivity contribution >= 4 is 23.3 Å². The molecule has 41 heavy (non-hydrogen) atoms. The van der Waals surface area contributed by atoms with E-state index in [2.05, 4.69) is 30.9 Å². The van der Waals surface area contributed by atoms with Crippen LogP contribution < -0.4 is 10.2 Å². The predicted molar refractivity (Wildman–Crippen MR) is 143 cm³/mol. The number of aromatic nitrogens is 7. The summed E-state index contributed by atoms with van der Waals surface area (Å²) in [5.74, 6) is -4.22. The topological polar surface area (TPSA) is 116 Å². The lowest BCUT2D eigenvalue weighted by molar-refractivity contribution is -0.0138. The highest BCUT2D eigenvalue weighted by Gasteiger charge is 2.45. The van der Waals surface area contributed by atoms with Gasteiger partial charge in [-0.15, -0.1) is 5.10 Å². The van der Waals surface area contributed by atoms with E-state index in [1.165, 1.54) is 31.1 Å². The number of nitrogens with zero attached hydrogens (tertiary/aromatic N) is 8. The van der Waals surface area contributed by atoms with Crippen LogP contribution in [0.5, 0.6) is 0 Å². The number of methoxy groups -OCH3 is 1. The monoisotopic (exact) mass is 589 g/mol. The van der Waals surface area contributed by atoms with Crippen molar-refractivity contribution in [3.63, 3.8) is 0 Å². The summed E-state index contributed by atoms with van der Waals surface area (Å²) in [4.78, 5) is 19.3. The van der Waals surface area contributed by atoms with Gasteiger partial charge in [0.25, 0.3) is 11.8 Å². The molecule has 11 nitrogen and oxygen atoms in total. The number of halogens is 4. The minimum atomic E-state index is -2.76. The number of anilines is 1. The first-order chi connectivity index (χ1) is 19.6. The molecule has 1 aliphatic heterocycles. The van der Waals surface area contributed by atoms with Crippen molar-refractivity contribution in [2.75, 3.05) is 25.1 Å². The Morgan fingerprint density at radius 2 is 2.07 bits per heavy atom. The molecule has 0 saturated carbocycles. The molecular formula is C26H27ClF3N9O2. The van der Waals surface area contributed by atoms with E-state index < -0.39 is 23.6 Å². The molecule has 1 aliphatic rings. The van der Waals surface area contributed by atoms with Gasteiger partial charge in [-0.3, -0.25) is 9.48 Å². The van der Waals surface area contributed by atoms with Crippen LogP contribution in [0.4, 0.5) is 19.0 Å². The fraction of sp³-hybridized carbons (Fsp3) is 0.385. The zero-order chi connectivity index (χ0) is 29.3. The molecule has 1 N–H and O–H groups in total. The van der Waals surface area contributed by atoms with Crippen LogP contribution in [-0.2, 0) is 24.4 Å². The van der Waals surface area contributed by atoms with Crippen LogP contribution in [0.25, 0.3) is 5.69 Å². The Labute approximate surface area is 238 Å². The van der Waals surface area contributed by atoms with Crippen molar-refractivity contribution < 1.29 is 22.7 Å². The lowest BCUT2D eigenvalue weighted by Crippen LogP contribution is -2.27. The van der Waals surface area contributed by atoms with Gasteiger partial charge in [0, 0.05) is 43.6 Å². The van der Waals surface area contributed by atoms with Gasteiger partial charge in [0.05, 0.1) is 36.0 Å². The van der Waals surface area contributed by atoms with Gasteiger partial charge in [-0.1, -0.05) is 24.6 Å². The third-order valence-corrected chi connectivity index (χ3v) is 7.30. The van der Waals surface area contributed by atoms with E-state index in [1.807, 2.05) is 6.07 Å². The molecule has 0 spiro atoms. The minimum Gasteiger partial charge on any atom is -0.378 e. The lowest BCUT2D eigenvalue weighted by Gasteiger charge is -2.18. The highest BCUT2D eigenvalue weighted by Crippen LogP contribution is 2.35. The number of benzene rings is 1. The fourth-order valence-electron chi connectivity index (χ4n) is 4.68. The standard InChI is InChI=1S/C26H27ClF3N9O2/c1-15-9-37(13-26(15,29)30)23-7-4-17(16(2)33-23)10-38-11-19(21(34-38)12-41-3)25(40)31-8-18-22(39-14-32-35-36-39)6-5-20(27)24(18)28/h4-7,11,14-15H,8-10,12-13H2,1-3H3,(H,31,40). The second-order valence-corrected chi connectivity index (χ2v) is 10.3. The van der Waals surface area contributed by atoms with Crippen molar-refractivity contribution in [1.82, 2.24) is 40.3 Å². The van der Waals surface area contributed by atoms with Crippen LogP contribution in [0.15, 0.2) is 36.8 Å². The molecule has 1 atom stereocenters. The fourth-order valence-corrected chi connectivity index (χ4v) is 4.86. The molecule has 0 radical (unpaired) electrons. The molecular weight excluding hydrogens is 563 g/mol. The first kappa shape index (κ1) is 28.5. The zero-order valence-corrected chi connectivity index (χ0v) is 23.2. The Morgan fingerprint density at radius 3 is 2.73 bits per heavy atom. The average molecular weight is 590 g/mol. The number of aryl methyl sites for hydroxylation is 1. The number of pyridine rings is 1. The Balaban J connectivity index is 1.33. The molecule has 5 rings (SSSR count). The van der Waals surface area contributed by atoms with E-state index in [9.17, 15) is 18.0 Å². The number of carbonyl (C=O) groups is 1. The largest absolute Gasteiger partial charge is 0.378 e. The Morgan fingerprint density at radius 1 is 1.27 bits per heavy atom. The molecule has 3 aromatic heterocycles. The quantitative estimate of drug-likeness (QED) is 0.315. The van der Waals surface area contributed by atoms with E-state index in [-0.39, 0.29) is 48.9 Å². The smallest absolute Gasteiger partial charge is 0.269 e. The molecule has 0 aliphatic carbocycles. The molecule has 4 heterocycles. The Kier molecular flexibility index (Phi) is 7.95. The van der Waals surface area contributed by atoms with E-state index in [0.717, 1.165) is 5.56 Å². The lowest BCUT2D eigenvalue weighted by atomic mass is 10.1. The number of amides is 1. The predicted octanol–water partition coefficient (Wildman–Crippen LogP) is 3.57. The molecule has 0 bridgehead atoms. The van der Waals surface area contributed by atoms with Gasteiger partial charge < -0.3 is 15.0 Å². The second kappa shape index (κ2) is 11.4. The first-order valence-corrected chi connectivity index (χ1v) is 13.1. The molecule has 4 aromatic rings. The van der Waals surface area contributed by atoms with Gasteiger partial charge in [-0.05, 0) is 41.1 Å². The van der Waals surface area contributed by atoms with Gasteiger partial charge in [0.1, 0.15) is 23.7 Å².